The molecule has 0 spiro atoms. The van der Waals surface area contributed by atoms with Gasteiger partial charge in [-0.1, -0.05) is 29.8 Å². The van der Waals surface area contributed by atoms with Gasteiger partial charge in [-0.15, -0.1) is 0 Å². The predicted octanol–water partition coefficient (Wildman–Crippen LogP) is 4.13. The SMILES string of the molecule is Cc1ccc(N(CC(=O)NCc2ccc(OC(F)F)cc2)C(C)C)cc1. The maximum atomic E-state index is 12.3. The van der Waals surface area contributed by atoms with Crippen molar-refractivity contribution in [2.24, 2.45) is 0 Å². The van der Waals surface area contributed by atoms with E-state index in [-0.39, 0.29) is 24.2 Å². The smallest absolute Gasteiger partial charge is 0.387 e. The lowest BCUT2D eigenvalue weighted by Gasteiger charge is -2.28. The van der Waals surface area contributed by atoms with Crippen LogP contribution in [0, 0.1) is 6.92 Å². The van der Waals surface area contributed by atoms with Crippen molar-refractivity contribution in [3.05, 3.63) is 59.7 Å². The van der Waals surface area contributed by atoms with Crippen LogP contribution in [0.2, 0.25) is 0 Å². The number of carbonyl (C=O) groups is 1. The van der Waals surface area contributed by atoms with Crippen LogP contribution in [0.25, 0.3) is 0 Å². The second-order valence-electron chi connectivity index (χ2n) is 6.36. The molecule has 0 fully saturated rings. The normalized spacial score (nSPS) is 10.9. The van der Waals surface area contributed by atoms with Crippen molar-refractivity contribution in [2.75, 3.05) is 11.4 Å². The summed E-state index contributed by atoms with van der Waals surface area (Å²) < 4.78 is 28.6. The number of carbonyl (C=O) groups excluding carboxylic acids is 1. The molecule has 0 aliphatic heterocycles. The number of rotatable bonds is 8. The lowest BCUT2D eigenvalue weighted by Crippen LogP contribution is -2.40. The Morgan fingerprint density at radius 3 is 2.23 bits per heavy atom. The first-order chi connectivity index (χ1) is 12.3. The van der Waals surface area contributed by atoms with E-state index in [4.69, 9.17) is 0 Å². The van der Waals surface area contributed by atoms with Gasteiger partial charge in [0.1, 0.15) is 5.75 Å². The van der Waals surface area contributed by atoms with Crippen LogP contribution in [0.4, 0.5) is 14.5 Å². The Kier molecular flexibility index (Phi) is 6.95. The zero-order chi connectivity index (χ0) is 19.1. The minimum Gasteiger partial charge on any atom is -0.435 e. The van der Waals surface area contributed by atoms with Crippen LogP contribution in [-0.4, -0.2) is 25.1 Å². The Bertz CT molecular complexity index is 701. The fourth-order valence-corrected chi connectivity index (χ4v) is 2.51. The minimum absolute atomic E-state index is 0.0976. The summed E-state index contributed by atoms with van der Waals surface area (Å²) in [6.07, 6.45) is 0. The summed E-state index contributed by atoms with van der Waals surface area (Å²) in [6.45, 7) is 3.82. The van der Waals surface area contributed by atoms with Gasteiger partial charge >= 0.3 is 6.61 Å². The zero-order valence-electron chi connectivity index (χ0n) is 15.2. The quantitative estimate of drug-likeness (QED) is 0.768. The second-order valence-corrected chi connectivity index (χ2v) is 6.36. The Labute approximate surface area is 152 Å². The molecule has 0 radical (unpaired) electrons. The number of benzene rings is 2. The molecule has 4 nitrogen and oxygen atoms in total. The first-order valence-corrected chi connectivity index (χ1v) is 8.49. The van der Waals surface area contributed by atoms with Gasteiger partial charge < -0.3 is 15.0 Å². The molecule has 140 valence electrons. The molecule has 0 atom stereocenters. The van der Waals surface area contributed by atoms with Gasteiger partial charge in [0.2, 0.25) is 5.91 Å². The second kappa shape index (κ2) is 9.17. The number of aryl methyl sites for hydroxylation is 1. The summed E-state index contributed by atoms with van der Waals surface area (Å²) in [5.74, 6) is -0.00684. The number of nitrogens with zero attached hydrogens (tertiary/aromatic N) is 1. The standard InChI is InChI=1S/C20H24F2N2O2/c1-14(2)24(17-8-4-15(3)5-9-17)13-19(25)23-12-16-6-10-18(11-7-16)26-20(21)22/h4-11,14,20H,12-13H2,1-3H3,(H,23,25). The largest absolute Gasteiger partial charge is 0.435 e. The Morgan fingerprint density at radius 2 is 1.69 bits per heavy atom. The van der Waals surface area contributed by atoms with Crippen LogP contribution in [0.15, 0.2) is 48.5 Å². The number of nitrogens with one attached hydrogen (secondary N) is 1. The summed E-state index contributed by atoms with van der Waals surface area (Å²) in [5, 5.41) is 2.86. The van der Waals surface area contributed by atoms with Gasteiger partial charge in [0.25, 0.3) is 0 Å². The van der Waals surface area contributed by atoms with Crippen LogP contribution in [0.1, 0.15) is 25.0 Å². The molecule has 1 N–H and O–H groups in total. The van der Waals surface area contributed by atoms with E-state index in [1.807, 2.05) is 49.9 Å². The molecule has 0 saturated heterocycles. The van der Waals surface area contributed by atoms with Crippen molar-refractivity contribution in [1.82, 2.24) is 5.32 Å². The van der Waals surface area contributed by atoms with Crippen LogP contribution >= 0.6 is 0 Å². The average molecular weight is 362 g/mol. The van der Waals surface area contributed by atoms with Crippen molar-refractivity contribution in [3.8, 4) is 5.75 Å². The van der Waals surface area contributed by atoms with Gasteiger partial charge in [-0.3, -0.25) is 4.79 Å². The lowest BCUT2D eigenvalue weighted by atomic mass is 10.2. The Balaban J connectivity index is 1.91. The zero-order valence-corrected chi connectivity index (χ0v) is 15.2. The fourth-order valence-electron chi connectivity index (χ4n) is 2.51. The molecular formula is C20H24F2N2O2. The van der Waals surface area contributed by atoms with E-state index in [1.165, 1.54) is 17.7 Å². The molecule has 0 aliphatic rings. The van der Waals surface area contributed by atoms with Gasteiger partial charge in [-0.25, -0.2) is 0 Å². The van der Waals surface area contributed by atoms with Crippen LogP contribution in [0.3, 0.4) is 0 Å². The number of anilines is 1. The third kappa shape index (κ3) is 6.02. The van der Waals surface area contributed by atoms with Gasteiger partial charge in [0.15, 0.2) is 0 Å². The molecule has 6 heteroatoms. The molecule has 26 heavy (non-hydrogen) atoms. The third-order valence-corrected chi connectivity index (χ3v) is 3.94. The highest BCUT2D eigenvalue weighted by Crippen LogP contribution is 2.18. The highest BCUT2D eigenvalue weighted by atomic mass is 19.3. The number of amides is 1. The summed E-state index contributed by atoms with van der Waals surface area (Å²) in [6, 6.07) is 14.4. The molecule has 0 unspecified atom stereocenters. The summed E-state index contributed by atoms with van der Waals surface area (Å²) in [4.78, 5) is 14.3. The minimum atomic E-state index is -2.84. The Hall–Kier alpha value is -2.63. The topological polar surface area (TPSA) is 41.6 Å². The number of halogens is 2. The number of alkyl halides is 2. The molecule has 0 aromatic heterocycles. The fraction of sp³-hybridized carbons (Fsp3) is 0.350. The van der Waals surface area contributed by atoms with E-state index in [0.29, 0.717) is 6.54 Å². The van der Waals surface area contributed by atoms with Crippen LogP contribution < -0.4 is 15.0 Å². The summed E-state index contributed by atoms with van der Waals surface area (Å²) in [5.41, 5.74) is 2.97. The van der Waals surface area contributed by atoms with Gasteiger partial charge in [0, 0.05) is 18.3 Å². The van der Waals surface area contributed by atoms with Gasteiger partial charge in [-0.2, -0.15) is 8.78 Å². The molecule has 0 aliphatic carbocycles. The molecule has 0 heterocycles. The molecular weight excluding hydrogens is 338 g/mol. The van der Waals surface area contributed by atoms with E-state index in [9.17, 15) is 13.6 Å². The molecule has 2 rings (SSSR count). The molecule has 2 aromatic carbocycles. The van der Waals surface area contributed by atoms with Crippen molar-refractivity contribution in [3.63, 3.8) is 0 Å². The van der Waals surface area contributed by atoms with E-state index in [1.54, 1.807) is 12.1 Å². The number of hydrogen-bond acceptors (Lipinski definition) is 3. The monoisotopic (exact) mass is 362 g/mol. The van der Waals surface area contributed by atoms with Crippen LogP contribution in [-0.2, 0) is 11.3 Å². The van der Waals surface area contributed by atoms with Crippen molar-refractivity contribution >= 4 is 11.6 Å². The summed E-state index contributed by atoms with van der Waals surface area (Å²) >= 11 is 0. The van der Waals surface area contributed by atoms with Crippen LogP contribution in [0.5, 0.6) is 5.75 Å². The van der Waals surface area contributed by atoms with E-state index >= 15 is 0 Å². The van der Waals surface area contributed by atoms with E-state index in [2.05, 4.69) is 10.1 Å². The number of hydrogen-bond donors (Lipinski definition) is 1. The average Bonchev–Trinajstić information content (AvgIpc) is 2.59. The first kappa shape index (κ1) is 19.7. The maximum absolute atomic E-state index is 12.3. The molecule has 1 amide bonds. The van der Waals surface area contributed by atoms with Gasteiger partial charge in [-0.05, 0) is 50.6 Å². The predicted molar refractivity (Wildman–Crippen MR) is 98.6 cm³/mol. The molecule has 2 aromatic rings. The van der Waals surface area contributed by atoms with E-state index in [0.717, 1.165) is 11.3 Å². The lowest BCUT2D eigenvalue weighted by molar-refractivity contribution is -0.120. The highest BCUT2D eigenvalue weighted by Gasteiger charge is 2.14. The first-order valence-electron chi connectivity index (χ1n) is 8.49. The van der Waals surface area contributed by atoms with E-state index < -0.39 is 6.61 Å². The maximum Gasteiger partial charge on any atom is 0.387 e. The molecule has 0 bridgehead atoms. The highest BCUT2D eigenvalue weighted by molar-refractivity contribution is 5.81. The summed E-state index contributed by atoms with van der Waals surface area (Å²) in [7, 11) is 0. The third-order valence-electron chi connectivity index (χ3n) is 3.94. The van der Waals surface area contributed by atoms with Crippen molar-refractivity contribution < 1.29 is 18.3 Å². The van der Waals surface area contributed by atoms with Crippen molar-refractivity contribution in [1.29, 1.82) is 0 Å². The van der Waals surface area contributed by atoms with Gasteiger partial charge in [0.05, 0.1) is 6.54 Å². The van der Waals surface area contributed by atoms with Crippen molar-refractivity contribution in [2.45, 2.75) is 40.0 Å². The number of ether oxygens (including phenoxy) is 1. The Morgan fingerprint density at radius 1 is 1.08 bits per heavy atom. The molecule has 0 saturated carbocycles.